The standard InChI is InChI=1S/C18H11F4N3O3S/c19-10-1-2-12(13(20)5-10)16-6-11(9-24-16)29(26,27)25-17-7-15(22)18(8-14(17)21)28-4-3-23/h1-2,5-9,24-25H,4H2. The van der Waals surface area contributed by atoms with E-state index in [-0.39, 0.29) is 16.2 Å². The van der Waals surface area contributed by atoms with E-state index in [1.807, 2.05) is 4.72 Å². The number of nitrogens with one attached hydrogen (secondary N) is 2. The molecule has 150 valence electrons. The van der Waals surface area contributed by atoms with E-state index in [2.05, 4.69) is 9.72 Å². The van der Waals surface area contributed by atoms with E-state index in [1.165, 1.54) is 0 Å². The summed E-state index contributed by atoms with van der Waals surface area (Å²) < 4.78 is 86.4. The second-order valence-corrected chi connectivity index (χ2v) is 7.37. The summed E-state index contributed by atoms with van der Waals surface area (Å²) in [5.41, 5.74) is -0.735. The third-order valence-electron chi connectivity index (χ3n) is 3.75. The van der Waals surface area contributed by atoms with Gasteiger partial charge in [0, 0.05) is 35.7 Å². The summed E-state index contributed by atoms with van der Waals surface area (Å²) in [6.45, 7) is -0.520. The van der Waals surface area contributed by atoms with Crippen molar-refractivity contribution in [1.29, 1.82) is 5.26 Å². The van der Waals surface area contributed by atoms with Crippen LogP contribution >= 0.6 is 0 Å². The van der Waals surface area contributed by atoms with E-state index in [4.69, 9.17) is 5.26 Å². The van der Waals surface area contributed by atoms with Crippen molar-refractivity contribution in [3.63, 3.8) is 0 Å². The summed E-state index contributed by atoms with van der Waals surface area (Å²) >= 11 is 0. The molecule has 0 saturated heterocycles. The monoisotopic (exact) mass is 425 g/mol. The Hall–Kier alpha value is -3.52. The molecule has 0 amide bonds. The van der Waals surface area contributed by atoms with Crippen LogP contribution in [0.4, 0.5) is 23.2 Å². The fraction of sp³-hybridized carbons (Fsp3) is 0.0556. The maximum Gasteiger partial charge on any atom is 0.263 e. The van der Waals surface area contributed by atoms with Crippen LogP contribution < -0.4 is 9.46 Å². The Bertz CT molecular complexity index is 1220. The molecule has 1 aromatic heterocycles. The highest BCUT2D eigenvalue weighted by atomic mass is 32.2. The van der Waals surface area contributed by atoms with E-state index in [9.17, 15) is 26.0 Å². The minimum absolute atomic E-state index is 0.0368. The van der Waals surface area contributed by atoms with Crippen molar-refractivity contribution in [2.24, 2.45) is 0 Å². The van der Waals surface area contributed by atoms with Crippen molar-refractivity contribution in [2.45, 2.75) is 4.90 Å². The third-order valence-corrected chi connectivity index (χ3v) is 5.09. The molecule has 0 atom stereocenters. The number of rotatable bonds is 6. The third kappa shape index (κ3) is 4.33. The second-order valence-electron chi connectivity index (χ2n) is 5.69. The molecule has 0 radical (unpaired) electrons. The Morgan fingerprint density at radius 1 is 1.03 bits per heavy atom. The fourth-order valence-electron chi connectivity index (χ4n) is 2.42. The Labute approximate surface area is 162 Å². The molecule has 0 fully saturated rings. The minimum Gasteiger partial charge on any atom is -0.476 e. The van der Waals surface area contributed by atoms with Crippen LogP contribution in [0.1, 0.15) is 0 Å². The lowest BCUT2D eigenvalue weighted by atomic mass is 10.1. The van der Waals surface area contributed by atoms with Crippen molar-refractivity contribution in [3.8, 4) is 23.1 Å². The minimum atomic E-state index is -4.37. The molecule has 0 saturated carbocycles. The van der Waals surface area contributed by atoms with Crippen molar-refractivity contribution < 1.29 is 30.7 Å². The fourth-order valence-corrected chi connectivity index (χ4v) is 3.48. The van der Waals surface area contributed by atoms with Crippen LogP contribution in [0.5, 0.6) is 5.75 Å². The van der Waals surface area contributed by atoms with E-state index < -0.39 is 51.3 Å². The quantitative estimate of drug-likeness (QED) is 0.585. The highest BCUT2D eigenvalue weighted by Crippen LogP contribution is 2.29. The number of H-pyrrole nitrogens is 1. The first-order chi connectivity index (χ1) is 13.7. The number of aromatic nitrogens is 1. The van der Waals surface area contributed by atoms with Crippen LogP contribution in [0.25, 0.3) is 11.3 Å². The molecular weight excluding hydrogens is 414 g/mol. The van der Waals surface area contributed by atoms with Crippen LogP contribution in [-0.4, -0.2) is 20.0 Å². The van der Waals surface area contributed by atoms with Crippen LogP contribution in [0.2, 0.25) is 0 Å². The normalized spacial score (nSPS) is 11.1. The summed E-state index contributed by atoms with van der Waals surface area (Å²) in [7, 11) is -4.37. The zero-order valence-corrected chi connectivity index (χ0v) is 15.2. The summed E-state index contributed by atoms with van der Waals surface area (Å²) in [5, 5.41) is 8.41. The predicted octanol–water partition coefficient (Wildman–Crippen LogP) is 3.94. The molecule has 0 bridgehead atoms. The van der Waals surface area contributed by atoms with Crippen molar-refractivity contribution in [2.75, 3.05) is 11.3 Å². The van der Waals surface area contributed by atoms with Crippen molar-refractivity contribution >= 4 is 15.7 Å². The molecule has 0 aliphatic heterocycles. The first-order valence-corrected chi connectivity index (χ1v) is 9.35. The number of ether oxygens (including phenoxy) is 1. The number of nitriles is 1. The van der Waals surface area contributed by atoms with Gasteiger partial charge in [0.05, 0.1) is 5.69 Å². The van der Waals surface area contributed by atoms with Crippen LogP contribution in [0, 0.1) is 34.6 Å². The van der Waals surface area contributed by atoms with E-state index in [0.29, 0.717) is 18.2 Å². The number of hydrogen-bond donors (Lipinski definition) is 2. The van der Waals surface area contributed by atoms with Crippen molar-refractivity contribution in [3.05, 3.63) is 65.9 Å². The highest BCUT2D eigenvalue weighted by molar-refractivity contribution is 7.92. The SMILES string of the molecule is N#CCOc1cc(F)c(NS(=O)(=O)c2c[nH]c(-c3ccc(F)cc3F)c2)cc1F. The number of hydrogen-bond acceptors (Lipinski definition) is 4. The molecule has 6 nitrogen and oxygen atoms in total. The topological polar surface area (TPSA) is 95.0 Å². The Kier molecular flexibility index (Phi) is 5.47. The van der Waals surface area contributed by atoms with Gasteiger partial charge in [-0.15, -0.1) is 0 Å². The van der Waals surface area contributed by atoms with Gasteiger partial charge in [0.2, 0.25) is 0 Å². The van der Waals surface area contributed by atoms with Gasteiger partial charge in [-0.2, -0.15) is 5.26 Å². The van der Waals surface area contributed by atoms with Crippen LogP contribution in [0.3, 0.4) is 0 Å². The zero-order valence-electron chi connectivity index (χ0n) is 14.3. The van der Waals surface area contributed by atoms with Gasteiger partial charge >= 0.3 is 0 Å². The molecule has 2 N–H and O–H groups in total. The van der Waals surface area contributed by atoms with Gasteiger partial charge in [-0.3, -0.25) is 4.72 Å². The maximum atomic E-state index is 14.1. The first kappa shape index (κ1) is 20.2. The summed E-state index contributed by atoms with van der Waals surface area (Å²) in [6, 6.07) is 6.56. The molecule has 0 unspecified atom stereocenters. The summed E-state index contributed by atoms with van der Waals surface area (Å²) in [4.78, 5) is 2.14. The Balaban J connectivity index is 1.88. The number of nitrogens with zero attached hydrogens (tertiary/aromatic N) is 1. The van der Waals surface area contributed by atoms with Gasteiger partial charge in [-0.1, -0.05) is 0 Å². The molecule has 11 heteroatoms. The van der Waals surface area contributed by atoms with Crippen LogP contribution in [0.15, 0.2) is 47.5 Å². The average molecular weight is 425 g/mol. The zero-order chi connectivity index (χ0) is 21.2. The van der Waals surface area contributed by atoms with E-state index in [0.717, 1.165) is 24.4 Å². The predicted molar refractivity (Wildman–Crippen MR) is 94.4 cm³/mol. The lowest BCUT2D eigenvalue weighted by Crippen LogP contribution is -2.13. The molecule has 2 aromatic carbocycles. The summed E-state index contributed by atoms with van der Waals surface area (Å²) in [6.07, 6.45) is 1.01. The second kappa shape index (κ2) is 7.84. The average Bonchev–Trinajstić information content (AvgIpc) is 3.14. The Morgan fingerprint density at radius 3 is 2.48 bits per heavy atom. The maximum absolute atomic E-state index is 14.1. The van der Waals surface area contributed by atoms with E-state index in [1.54, 1.807) is 6.07 Å². The lowest BCUT2D eigenvalue weighted by molar-refractivity contribution is 0.344. The smallest absolute Gasteiger partial charge is 0.263 e. The highest BCUT2D eigenvalue weighted by Gasteiger charge is 2.21. The van der Waals surface area contributed by atoms with E-state index >= 15 is 0 Å². The van der Waals surface area contributed by atoms with Gasteiger partial charge in [0.15, 0.2) is 24.0 Å². The molecular formula is C18H11F4N3O3S. The molecule has 3 aromatic rings. The molecule has 0 aliphatic carbocycles. The number of anilines is 1. The first-order valence-electron chi connectivity index (χ1n) is 7.86. The molecule has 0 spiro atoms. The number of aromatic amines is 1. The number of sulfonamides is 1. The van der Waals surface area contributed by atoms with Gasteiger partial charge in [-0.25, -0.2) is 26.0 Å². The Morgan fingerprint density at radius 2 is 1.79 bits per heavy atom. The number of halogens is 4. The molecule has 0 aliphatic rings. The molecule has 29 heavy (non-hydrogen) atoms. The van der Waals surface area contributed by atoms with Crippen molar-refractivity contribution in [1.82, 2.24) is 4.98 Å². The molecule has 3 rings (SSSR count). The van der Waals surface area contributed by atoms with Gasteiger partial charge in [0.25, 0.3) is 10.0 Å². The number of benzene rings is 2. The van der Waals surface area contributed by atoms with Crippen LogP contribution in [-0.2, 0) is 10.0 Å². The van der Waals surface area contributed by atoms with Gasteiger partial charge in [-0.05, 0) is 18.2 Å². The summed E-state index contributed by atoms with van der Waals surface area (Å²) in [5.74, 6) is -4.48. The van der Waals surface area contributed by atoms with Gasteiger partial charge < -0.3 is 9.72 Å². The lowest BCUT2D eigenvalue weighted by Gasteiger charge is -2.10. The van der Waals surface area contributed by atoms with Gasteiger partial charge in [0.1, 0.15) is 22.6 Å². The largest absolute Gasteiger partial charge is 0.476 e. The molecule has 1 heterocycles.